The van der Waals surface area contributed by atoms with E-state index in [0.29, 0.717) is 11.4 Å². The van der Waals surface area contributed by atoms with E-state index in [0.717, 1.165) is 23.7 Å². The second-order valence-electron chi connectivity index (χ2n) is 5.83. The highest BCUT2D eigenvalue weighted by molar-refractivity contribution is 6.07. The van der Waals surface area contributed by atoms with E-state index in [-0.39, 0.29) is 11.4 Å². The lowest BCUT2D eigenvalue weighted by atomic mass is 9.99. The molecule has 1 aromatic heterocycles. The maximum Gasteiger partial charge on any atom is 0.252 e. The van der Waals surface area contributed by atoms with Crippen LogP contribution in [-0.2, 0) is 0 Å². The summed E-state index contributed by atoms with van der Waals surface area (Å²) in [4.78, 5) is 16.8. The molecule has 0 saturated heterocycles. The van der Waals surface area contributed by atoms with Crippen LogP contribution in [0.1, 0.15) is 43.0 Å². The number of carbonyl (C=O) groups is 1. The van der Waals surface area contributed by atoms with Crippen LogP contribution in [0.5, 0.6) is 0 Å². The number of fused-ring (bicyclic) bond motifs is 1. The number of anilines is 1. The van der Waals surface area contributed by atoms with Crippen LogP contribution in [0, 0.1) is 0 Å². The predicted molar refractivity (Wildman–Crippen MR) is 80.5 cm³/mol. The van der Waals surface area contributed by atoms with Crippen molar-refractivity contribution < 1.29 is 4.79 Å². The molecule has 0 unspecified atom stereocenters. The van der Waals surface area contributed by atoms with Gasteiger partial charge in [-0.2, -0.15) is 0 Å². The molecule has 1 heterocycles. The number of nitrogens with zero attached hydrogens (tertiary/aromatic N) is 1. The maximum atomic E-state index is 12.6. The van der Waals surface area contributed by atoms with Crippen molar-refractivity contribution in [2.75, 3.05) is 5.73 Å². The second-order valence-corrected chi connectivity index (χ2v) is 5.83. The van der Waals surface area contributed by atoms with Gasteiger partial charge in [-0.1, -0.05) is 31.0 Å². The number of amides is 1. The average Bonchev–Trinajstić information content (AvgIpc) is 2.84. The SMILES string of the molecule is CC1(NC(=O)c2cc(N)nc3ccccc23)CCCC1. The fourth-order valence-electron chi connectivity index (χ4n) is 3.01. The largest absolute Gasteiger partial charge is 0.384 e. The van der Waals surface area contributed by atoms with Crippen LogP contribution < -0.4 is 11.1 Å². The van der Waals surface area contributed by atoms with Crippen molar-refractivity contribution in [3.8, 4) is 0 Å². The van der Waals surface area contributed by atoms with Crippen LogP contribution in [0.15, 0.2) is 30.3 Å². The van der Waals surface area contributed by atoms with Crippen LogP contribution in [0.4, 0.5) is 5.82 Å². The Bertz CT molecular complexity index is 660. The van der Waals surface area contributed by atoms with Crippen LogP contribution in [-0.4, -0.2) is 16.4 Å². The fourth-order valence-corrected chi connectivity index (χ4v) is 3.01. The Kier molecular flexibility index (Phi) is 3.08. The highest BCUT2D eigenvalue weighted by Gasteiger charge is 2.30. The van der Waals surface area contributed by atoms with E-state index in [1.54, 1.807) is 6.07 Å². The number of benzene rings is 1. The van der Waals surface area contributed by atoms with E-state index < -0.39 is 0 Å². The summed E-state index contributed by atoms with van der Waals surface area (Å²) in [6, 6.07) is 9.26. The number of carbonyl (C=O) groups excluding carboxylic acids is 1. The van der Waals surface area contributed by atoms with Crippen molar-refractivity contribution in [3.05, 3.63) is 35.9 Å². The summed E-state index contributed by atoms with van der Waals surface area (Å²) in [5, 5.41) is 4.02. The molecule has 4 heteroatoms. The quantitative estimate of drug-likeness (QED) is 0.880. The molecule has 1 aromatic carbocycles. The van der Waals surface area contributed by atoms with E-state index in [4.69, 9.17) is 5.73 Å². The van der Waals surface area contributed by atoms with Crippen molar-refractivity contribution in [2.45, 2.75) is 38.1 Å². The third-order valence-corrected chi connectivity index (χ3v) is 4.10. The molecule has 3 N–H and O–H groups in total. The Morgan fingerprint density at radius 1 is 1.30 bits per heavy atom. The molecule has 0 aliphatic heterocycles. The standard InChI is InChI=1S/C16H19N3O/c1-16(8-4-5-9-16)19-15(20)12-10-14(17)18-13-7-3-2-6-11(12)13/h2-3,6-7,10H,4-5,8-9H2,1H3,(H2,17,18)(H,19,20). The Balaban J connectivity index is 1.98. The summed E-state index contributed by atoms with van der Waals surface area (Å²) in [7, 11) is 0. The van der Waals surface area contributed by atoms with Gasteiger partial charge in [0.25, 0.3) is 5.91 Å². The first-order valence-corrected chi connectivity index (χ1v) is 7.05. The van der Waals surface area contributed by atoms with Gasteiger partial charge in [-0.15, -0.1) is 0 Å². The summed E-state index contributed by atoms with van der Waals surface area (Å²) in [6.07, 6.45) is 4.43. The molecule has 0 bridgehead atoms. The molecule has 1 saturated carbocycles. The van der Waals surface area contributed by atoms with Gasteiger partial charge in [0, 0.05) is 10.9 Å². The molecule has 1 aliphatic rings. The number of pyridine rings is 1. The van der Waals surface area contributed by atoms with Gasteiger partial charge >= 0.3 is 0 Å². The molecule has 20 heavy (non-hydrogen) atoms. The van der Waals surface area contributed by atoms with Gasteiger partial charge < -0.3 is 11.1 Å². The van der Waals surface area contributed by atoms with Crippen LogP contribution in [0.3, 0.4) is 0 Å². The summed E-state index contributed by atoms with van der Waals surface area (Å²) in [5.74, 6) is 0.324. The zero-order valence-corrected chi connectivity index (χ0v) is 11.6. The van der Waals surface area contributed by atoms with Gasteiger partial charge in [0.15, 0.2) is 0 Å². The lowest BCUT2D eigenvalue weighted by Gasteiger charge is -2.25. The Morgan fingerprint density at radius 2 is 2.00 bits per heavy atom. The first-order chi connectivity index (χ1) is 9.57. The average molecular weight is 269 g/mol. The number of hydrogen-bond acceptors (Lipinski definition) is 3. The zero-order valence-electron chi connectivity index (χ0n) is 11.6. The lowest BCUT2D eigenvalue weighted by molar-refractivity contribution is 0.0910. The minimum atomic E-state index is -0.0871. The highest BCUT2D eigenvalue weighted by atomic mass is 16.1. The number of aromatic nitrogens is 1. The smallest absolute Gasteiger partial charge is 0.252 e. The Hall–Kier alpha value is -2.10. The first kappa shape index (κ1) is 12.9. The van der Waals surface area contributed by atoms with Gasteiger partial charge in [0.05, 0.1) is 11.1 Å². The van der Waals surface area contributed by atoms with E-state index in [9.17, 15) is 4.79 Å². The van der Waals surface area contributed by atoms with Crippen molar-refractivity contribution >= 4 is 22.6 Å². The highest BCUT2D eigenvalue weighted by Crippen LogP contribution is 2.30. The summed E-state index contributed by atoms with van der Waals surface area (Å²) >= 11 is 0. The molecule has 3 rings (SSSR count). The van der Waals surface area contributed by atoms with Crippen LogP contribution >= 0.6 is 0 Å². The van der Waals surface area contributed by atoms with E-state index in [1.165, 1.54) is 12.8 Å². The van der Waals surface area contributed by atoms with Gasteiger partial charge in [-0.25, -0.2) is 4.98 Å². The van der Waals surface area contributed by atoms with Crippen molar-refractivity contribution in [3.63, 3.8) is 0 Å². The van der Waals surface area contributed by atoms with E-state index in [1.807, 2.05) is 24.3 Å². The fraction of sp³-hybridized carbons (Fsp3) is 0.375. The van der Waals surface area contributed by atoms with Crippen molar-refractivity contribution in [1.29, 1.82) is 0 Å². The lowest BCUT2D eigenvalue weighted by Crippen LogP contribution is -2.43. The van der Waals surface area contributed by atoms with Crippen molar-refractivity contribution in [1.82, 2.24) is 10.3 Å². The zero-order chi connectivity index (χ0) is 14.2. The molecule has 1 aliphatic carbocycles. The molecular formula is C16H19N3O. The molecule has 104 valence electrons. The molecule has 0 radical (unpaired) electrons. The summed E-state index contributed by atoms with van der Waals surface area (Å²) in [5.41, 5.74) is 7.10. The number of rotatable bonds is 2. The summed E-state index contributed by atoms with van der Waals surface area (Å²) in [6.45, 7) is 2.12. The predicted octanol–water partition coefficient (Wildman–Crippen LogP) is 2.88. The van der Waals surface area contributed by atoms with Gasteiger partial charge in [0.1, 0.15) is 5.82 Å². The van der Waals surface area contributed by atoms with Crippen LogP contribution in [0.25, 0.3) is 10.9 Å². The third kappa shape index (κ3) is 2.33. The Labute approximate surface area is 118 Å². The molecule has 4 nitrogen and oxygen atoms in total. The minimum Gasteiger partial charge on any atom is -0.384 e. The maximum absolute atomic E-state index is 12.6. The normalized spacial score (nSPS) is 17.2. The second kappa shape index (κ2) is 4.78. The monoisotopic (exact) mass is 269 g/mol. The van der Waals surface area contributed by atoms with E-state index >= 15 is 0 Å². The van der Waals surface area contributed by atoms with Gasteiger partial charge in [-0.3, -0.25) is 4.79 Å². The molecule has 2 aromatic rings. The van der Waals surface area contributed by atoms with Gasteiger partial charge in [0.2, 0.25) is 0 Å². The van der Waals surface area contributed by atoms with Crippen molar-refractivity contribution in [2.24, 2.45) is 0 Å². The molecule has 0 atom stereocenters. The number of nitrogens with one attached hydrogen (secondary N) is 1. The molecular weight excluding hydrogens is 250 g/mol. The summed E-state index contributed by atoms with van der Waals surface area (Å²) < 4.78 is 0. The number of para-hydroxylation sites is 1. The molecule has 0 spiro atoms. The number of hydrogen-bond donors (Lipinski definition) is 2. The number of nitrogen functional groups attached to an aromatic ring is 1. The minimum absolute atomic E-state index is 0.0558. The number of nitrogens with two attached hydrogens (primary N) is 1. The van der Waals surface area contributed by atoms with Gasteiger partial charge in [-0.05, 0) is 31.9 Å². The third-order valence-electron chi connectivity index (χ3n) is 4.10. The molecule has 1 fully saturated rings. The molecule has 1 amide bonds. The first-order valence-electron chi connectivity index (χ1n) is 7.05. The van der Waals surface area contributed by atoms with E-state index in [2.05, 4.69) is 17.2 Å². The van der Waals surface area contributed by atoms with Crippen LogP contribution in [0.2, 0.25) is 0 Å². The Morgan fingerprint density at radius 3 is 2.75 bits per heavy atom. The topological polar surface area (TPSA) is 68.0 Å².